The van der Waals surface area contributed by atoms with Gasteiger partial charge in [-0.05, 0) is 69.3 Å². The summed E-state index contributed by atoms with van der Waals surface area (Å²) in [5.74, 6) is -0.0175. The van der Waals surface area contributed by atoms with Gasteiger partial charge in [-0.15, -0.1) is 11.3 Å². The van der Waals surface area contributed by atoms with Crippen LogP contribution in [0.1, 0.15) is 10.4 Å². The maximum atomic E-state index is 13.2. The van der Waals surface area contributed by atoms with Crippen molar-refractivity contribution in [2.24, 2.45) is 0 Å². The fourth-order valence-electron chi connectivity index (χ4n) is 3.82. The van der Waals surface area contributed by atoms with E-state index in [4.69, 9.17) is 45.1 Å². The van der Waals surface area contributed by atoms with Gasteiger partial charge in [0, 0.05) is 10.6 Å². The molecular formula is C26H16BrCl2N3O2S2. The highest BCUT2D eigenvalue weighted by atomic mass is 79.9. The van der Waals surface area contributed by atoms with Crippen LogP contribution >= 0.6 is 62.7 Å². The molecule has 1 aromatic heterocycles. The van der Waals surface area contributed by atoms with E-state index in [9.17, 15) is 4.79 Å². The molecule has 0 fully saturated rings. The second-order valence-electron chi connectivity index (χ2n) is 7.70. The Morgan fingerprint density at radius 2 is 1.83 bits per heavy atom. The Morgan fingerprint density at radius 1 is 1.08 bits per heavy atom. The van der Waals surface area contributed by atoms with Crippen LogP contribution in [0.25, 0.3) is 31.6 Å². The number of fused-ring (bicyclic) bond motifs is 2. The van der Waals surface area contributed by atoms with Crippen molar-refractivity contribution in [2.75, 3.05) is 12.4 Å². The third-order valence-electron chi connectivity index (χ3n) is 5.43. The van der Waals surface area contributed by atoms with Crippen LogP contribution in [0.3, 0.4) is 0 Å². The van der Waals surface area contributed by atoms with Crippen molar-refractivity contribution in [2.45, 2.75) is 0 Å². The lowest BCUT2D eigenvalue weighted by atomic mass is 10.1. The minimum Gasteiger partial charge on any atom is -0.495 e. The summed E-state index contributed by atoms with van der Waals surface area (Å²) in [5.41, 5.74) is 2.37. The van der Waals surface area contributed by atoms with E-state index in [-0.39, 0.29) is 5.11 Å². The van der Waals surface area contributed by atoms with Gasteiger partial charge in [-0.3, -0.25) is 10.1 Å². The van der Waals surface area contributed by atoms with Gasteiger partial charge in [0.05, 0.1) is 38.1 Å². The third kappa shape index (κ3) is 4.79. The van der Waals surface area contributed by atoms with Gasteiger partial charge < -0.3 is 10.1 Å². The van der Waals surface area contributed by atoms with Gasteiger partial charge in [-0.25, -0.2) is 4.98 Å². The molecule has 2 N–H and O–H groups in total. The number of amides is 1. The molecule has 5 aromatic rings. The van der Waals surface area contributed by atoms with E-state index in [1.807, 2.05) is 48.5 Å². The number of nitrogens with one attached hydrogen (secondary N) is 2. The predicted octanol–water partition coefficient (Wildman–Crippen LogP) is 8.32. The number of carbonyl (C=O) groups is 1. The third-order valence-corrected chi connectivity index (χ3v) is 8.01. The van der Waals surface area contributed by atoms with Crippen LogP contribution in [0.15, 0.2) is 71.2 Å². The largest absolute Gasteiger partial charge is 0.495 e. The van der Waals surface area contributed by atoms with Gasteiger partial charge in [-0.1, -0.05) is 59.6 Å². The Balaban J connectivity index is 1.46. The number of carbonyl (C=O) groups excluding carboxylic acids is 1. The van der Waals surface area contributed by atoms with E-state index in [0.29, 0.717) is 37.1 Å². The average molecular weight is 617 g/mol. The average Bonchev–Trinajstić information content (AvgIpc) is 3.29. The van der Waals surface area contributed by atoms with E-state index < -0.39 is 5.91 Å². The van der Waals surface area contributed by atoms with Crippen LogP contribution in [-0.2, 0) is 0 Å². The number of nitrogens with zero attached hydrogens (tertiary/aromatic N) is 1. The zero-order chi connectivity index (χ0) is 25.4. The molecule has 0 saturated heterocycles. The molecule has 5 rings (SSSR count). The quantitative estimate of drug-likeness (QED) is 0.199. The number of thiocarbonyl (C=S) groups is 1. The number of thiazole rings is 1. The lowest BCUT2D eigenvalue weighted by Crippen LogP contribution is -2.34. The zero-order valence-electron chi connectivity index (χ0n) is 18.6. The molecule has 0 spiro atoms. The zero-order valence-corrected chi connectivity index (χ0v) is 23.3. The van der Waals surface area contributed by atoms with E-state index in [0.717, 1.165) is 26.0 Å². The monoisotopic (exact) mass is 615 g/mol. The van der Waals surface area contributed by atoms with Gasteiger partial charge in [0.25, 0.3) is 5.91 Å². The molecule has 180 valence electrons. The first-order valence-corrected chi connectivity index (χ1v) is 13.4. The van der Waals surface area contributed by atoms with Gasteiger partial charge in [0.2, 0.25) is 0 Å². The molecule has 5 nitrogen and oxygen atoms in total. The van der Waals surface area contributed by atoms with E-state index >= 15 is 0 Å². The lowest BCUT2D eigenvalue weighted by molar-refractivity contribution is 0.0975. The number of methoxy groups -OCH3 is 1. The van der Waals surface area contributed by atoms with Crippen molar-refractivity contribution < 1.29 is 9.53 Å². The molecule has 36 heavy (non-hydrogen) atoms. The molecule has 0 unspecified atom stereocenters. The van der Waals surface area contributed by atoms with Gasteiger partial charge in [-0.2, -0.15) is 0 Å². The fourth-order valence-corrected chi connectivity index (χ4v) is 6.28. The lowest BCUT2D eigenvalue weighted by Gasteiger charge is -2.16. The number of ether oxygens (including phenoxy) is 1. The highest BCUT2D eigenvalue weighted by Gasteiger charge is 2.21. The molecule has 0 aliphatic rings. The number of benzene rings is 4. The Labute approximate surface area is 234 Å². The van der Waals surface area contributed by atoms with Crippen LogP contribution in [0.5, 0.6) is 5.75 Å². The Kier molecular flexibility index (Phi) is 7.14. The van der Waals surface area contributed by atoms with Crippen molar-refractivity contribution in [3.63, 3.8) is 0 Å². The van der Waals surface area contributed by atoms with Crippen molar-refractivity contribution in [1.82, 2.24) is 10.3 Å². The summed E-state index contributed by atoms with van der Waals surface area (Å²) in [6.07, 6.45) is 0. The second kappa shape index (κ2) is 10.3. The van der Waals surface area contributed by atoms with Crippen LogP contribution in [0.2, 0.25) is 10.0 Å². The molecule has 1 amide bonds. The number of halogens is 3. The number of anilines is 1. The summed E-state index contributed by atoms with van der Waals surface area (Å²) in [6, 6.07) is 20.6. The molecule has 4 aromatic carbocycles. The second-order valence-corrected chi connectivity index (χ2v) is 10.8. The summed E-state index contributed by atoms with van der Waals surface area (Å²) in [5, 5.41) is 9.20. The number of para-hydroxylation sites is 1. The topological polar surface area (TPSA) is 63.2 Å². The number of hydrogen-bond donors (Lipinski definition) is 2. The standard InChI is InChI=1S/C26H16BrCl2N3O2S2/c1-34-23-17(10-13-6-2-3-7-15(13)21(23)27)24(33)32-26(35)31-22-16(11-14(28)12-18(22)29)25-30-19-8-4-5-9-20(19)36-25/h2-12H,1H3,(H2,31,32,33,35). The van der Waals surface area contributed by atoms with E-state index in [1.165, 1.54) is 18.4 Å². The first kappa shape index (κ1) is 24.9. The SMILES string of the molecule is COc1c(C(=O)NC(=S)Nc2c(Cl)cc(Cl)cc2-c2nc3ccccc3s2)cc2ccccc2c1Br. The van der Waals surface area contributed by atoms with Crippen LogP contribution in [0, 0.1) is 0 Å². The fraction of sp³-hybridized carbons (Fsp3) is 0.0385. The molecule has 10 heteroatoms. The molecule has 1 heterocycles. The van der Waals surface area contributed by atoms with Gasteiger partial charge >= 0.3 is 0 Å². The Morgan fingerprint density at radius 3 is 2.61 bits per heavy atom. The van der Waals surface area contributed by atoms with Gasteiger partial charge in [0.1, 0.15) is 10.8 Å². The van der Waals surface area contributed by atoms with Crippen molar-refractivity contribution in [3.8, 4) is 16.3 Å². The summed E-state index contributed by atoms with van der Waals surface area (Å²) < 4.78 is 7.24. The molecule has 0 radical (unpaired) electrons. The molecule has 0 aliphatic heterocycles. The highest BCUT2D eigenvalue weighted by Crippen LogP contribution is 2.40. The number of hydrogen-bond acceptors (Lipinski definition) is 5. The smallest absolute Gasteiger partial charge is 0.261 e. The van der Waals surface area contributed by atoms with Crippen LogP contribution < -0.4 is 15.4 Å². The minimum absolute atomic E-state index is 0.0675. The van der Waals surface area contributed by atoms with Gasteiger partial charge in [0.15, 0.2) is 5.11 Å². The highest BCUT2D eigenvalue weighted by molar-refractivity contribution is 9.10. The normalized spacial score (nSPS) is 11.0. The van der Waals surface area contributed by atoms with E-state index in [2.05, 4.69) is 26.6 Å². The maximum Gasteiger partial charge on any atom is 0.261 e. The molecule has 0 atom stereocenters. The van der Waals surface area contributed by atoms with Crippen LogP contribution in [-0.4, -0.2) is 23.1 Å². The number of rotatable bonds is 4. The molecule has 0 saturated carbocycles. The minimum atomic E-state index is -0.428. The maximum absolute atomic E-state index is 13.2. The van der Waals surface area contributed by atoms with Crippen molar-refractivity contribution in [1.29, 1.82) is 0 Å². The van der Waals surface area contributed by atoms with Crippen LogP contribution in [0.4, 0.5) is 5.69 Å². The molecule has 0 bridgehead atoms. The summed E-state index contributed by atoms with van der Waals surface area (Å²) in [6.45, 7) is 0. The van der Waals surface area contributed by atoms with Crippen molar-refractivity contribution in [3.05, 3.63) is 86.8 Å². The Bertz CT molecular complexity index is 1640. The summed E-state index contributed by atoms with van der Waals surface area (Å²) >= 11 is 23.4. The molecular weight excluding hydrogens is 601 g/mol. The van der Waals surface area contributed by atoms with E-state index in [1.54, 1.807) is 18.2 Å². The molecule has 0 aliphatic carbocycles. The Hall–Kier alpha value is -2.75. The first-order valence-electron chi connectivity index (χ1n) is 10.6. The summed E-state index contributed by atoms with van der Waals surface area (Å²) in [7, 11) is 1.51. The summed E-state index contributed by atoms with van der Waals surface area (Å²) in [4.78, 5) is 17.9. The predicted molar refractivity (Wildman–Crippen MR) is 157 cm³/mol. The number of aromatic nitrogens is 1. The first-order chi connectivity index (χ1) is 17.4. The van der Waals surface area contributed by atoms with Crippen molar-refractivity contribution >= 4 is 100 Å².